The number of anilines is 1. The van der Waals surface area contributed by atoms with E-state index < -0.39 is 33.7 Å². The van der Waals surface area contributed by atoms with Crippen LogP contribution in [0.1, 0.15) is 10.4 Å². The van der Waals surface area contributed by atoms with E-state index in [0.29, 0.717) is 12.1 Å². The summed E-state index contributed by atoms with van der Waals surface area (Å²) in [5, 5.41) is 18.7. The van der Waals surface area contributed by atoms with E-state index >= 15 is 0 Å². The summed E-state index contributed by atoms with van der Waals surface area (Å²) in [5.74, 6) is -4.05. The fourth-order valence-corrected chi connectivity index (χ4v) is 1.44. The molecule has 0 radical (unpaired) electrons. The number of H-pyrrole nitrogens is 1. The van der Waals surface area contributed by atoms with E-state index in [4.69, 9.17) is 0 Å². The van der Waals surface area contributed by atoms with Crippen molar-refractivity contribution >= 4 is 17.5 Å². The van der Waals surface area contributed by atoms with Crippen LogP contribution in [0.25, 0.3) is 0 Å². The van der Waals surface area contributed by atoms with Gasteiger partial charge in [0.05, 0.1) is 18.1 Å². The highest BCUT2D eigenvalue weighted by molar-refractivity contribution is 6.06. The maximum absolute atomic E-state index is 13.1. The lowest BCUT2D eigenvalue weighted by Gasteiger charge is -2.03. The SMILES string of the molecule is COc1n[nH]c(NC(=O)c2cc(F)c(F)cc2[N+](=O)[O-])n1. The van der Waals surface area contributed by atoms with Crippen LogP contribution in [-0.4, -0.2) is 33.1 Å². The van der Waals surface area contributed by atoms with Crippen LogP contribution in [0.15, 0.2) is 12.1 Å². The molecule has 0 atom stereocenters. The Labute approximate surface area is 115 Å². The molecule has 0 saturated carbocycles. The zero-order valence-electron chi connectivity index (χ0n) is 10.4. The molecule has 1 amide bonds. The third kappa shape index (κ3) is 2.91. The summed E-state index contributed by atoms with van der Waals surface area (Å²) in [6, 6.07) is 0.673. The highest BCUT2D eigenvalue weighted by Gasteiger charge is 2.24. The predicted octanol–water partition coefficient (Wildman–Crippen LogP) is 1.25. The highest BCUT2D eigenvalue weighted by atomic mass is 19.2. The molecule has 2 rings (SSSR count). The number of aromatic amines is 1. The Hall–Kier alpha value is -3.11. The first-order valence-electron chi connectivity index (χ1n) is 5.33. The fraction of sp³-hybridized carbons (Fsp3) is 0.100. The van der Waals surface area contributed by atoms with E-state index in [0.717, 1.165) is 0 Å². The molecular formula is C10H7F2N5O4. The van der Waals surface area contributed by atoms with Crippen molar-refractivity contribution in [3.05, 3.63) is 39.4 Å². The molecule has 0 spiro atoms. The molecule has 9 nitrogen and oxygen atoms in total. The smallest absolute Gasteiger partial charge is 0.336 e. The summed E-state index contributed by atoms with van der Waals surface area (Å²) in [7, 11) is 1.29. The normalized spacial score (nSPS) is 10.2. The molecule has 11 heteroatoms. The van der Waals surface area contributed by atoms with Gasteiger partial charge in [-0.05, 0) is 6.07 Å². The van der Waals surface area contributed by atoms with E-state index in [-0.39, 0.29) is 12.0 Å². The van der Waals surface area contributed by atoms with Gasteiger partial charge < -0.3 is 4.74 Å². The van der Waals surface area contributed by atoms with Gasteiger partial charge in [0, 0.05) is 0 Å². The first-order chi connectivity index (χ1) is 9.92. The number of aromatic nitrogens is 3. The number of carbonyl (C=O) groups is 1. The van der Waals surface area contributed by atoms with Crippen molar-refractivity contribution in [1.29, 1.82) is 0 Å². The van der Waals surface area contributed by atoms with Gasteiger partial charge in [-0.15, -0.1) is 5.10 Å². The number of amides is 1. The number of methoxy groups -OCH3 is 1. The van der Waals surface area contributed by atoms with Crippen LogP contribution >= 0.6 is 0 Å². The molecule has 0 unspecified atom stereocenters. The van der Waals surface area contributed by atoms with Crippen molar-refractivity contribution in [3.63, 3.8) is 0 Å². The Morgan fingerprint density at radius 1 is 1.43 bits per heavy atom. The second kappa shape index (κ2) is 5.48. The van der Waals surface area contributed by atoms with Crippen LogP contribution in [0.3, 0.4) is 0 Å². The summed E-state index contributed by atoms with van der Waals surface area (Å²) >= 11 is 0. The van der Waals surface area contributed by atoms with E-state index in [1.165, 1.54) is 7.11 Å². The average molecular weight is 299 g/mol. The Balaban J connectivity index is 2.34. The third-order valence-corrected chi connectivity index (χ3v) is 2.36. The molecule has 1 heterocycles. The number of rotatable bonds is 4. The molecule has 2 N–H and O–H groups in total. The molecule has 0 fully saturated rings. The van der Waals surface area contributed by atoms with Crippen molar-refractivity contribution in [2.24, 2.45) is 0 Å². The summed E-state index contributed by atoms with van der Waals surface area (Å²) < 4.78 is 30.8. The predicted molar refractivity (Wildman–Crippen MR) is 63.9 cm³/mol. The van der Waals surface area contributed by atoms with Gasteiger partial charge in [-0.25, -0.2) is 13.9 Å². The lowest BCUT2D eigenvalue weighted by atomic mass is 10.1. The van der Waals surface area contributed by atoms with Crippen molar-refractivity contribution in [2.45, 2.75) is 0 Å². The van der Waals surface area contributed by atoms with E-state index in [1.807, 2.05) is 0 Å². The van der Waals surface area contributed by atoms with Crippen molar-refractivity contribution in [2.75, 3.05) is 12.4 Å². The fourth-order valence-electron chi connectivity index (χ4n) is 1.44. The summed E-state index contributed by atoms with van der Waals surface area (Å²) in [4.78, 5) is 25.3. The number of carbonyl (C=O) groups excluding carboxylic acids is 1. The molecule has 1 aromatic heterocycles. The number of hydrogen-bond donors (Lipinski definition) is 2. The average Bonchev–Trinajstić information content (AvgIpc) is 2.88. The van der Waals surface area contributed by atoms with Crippen LogP contribution in [0.4, 0.5) is 20.4 Å². The standard InChI is InChI=1S/C10H7F2N5O4/c1-21-10-14-9(15-16-10)13-8(18)4-2-5(11)6(12)3-7(4)17(19)20/h2-3H,1H3,(H2,13,14,15,16,18). The first-order valence-corrected chi connectivity index (χ1v) is 5.33. The highest BCUT2D eigenvalue weighted by Crippen LogP contribution is 2.23. The van der Waals surface area contributed by atoms with Crippen LogP contribution in [0.2, 0.25) is 0 Å². The Morgan fingerprint density at radius 3 is 2.67 bits per heavy atom. The van der Waals surface area contributed by atoms with Gasteiger partial charge in [0.2, 0.25) is 5.95 Å². The van der Waals surface area contributed by atoms with Gasteiger partial charge in [-0.1, -0.05) is 0 Å². The van der Waals surface area contributed by atoms with Gasteiger partial charge in [0.15, 0.2) is 11.6 Å². The number of nitro groups is 1. The molecule has 110 valence electrons. The van der Waals surface area contributed by atoms with Gasteiger partial charge in [0.25, 0.3) is 11.6 Å². The number of halogens is 2. The first kappa shape index (κ1) is 14.3. The second-order valence-electron chi connectivity index (χ2n) is 3.67. The lowest BCUT2D eigenvalue weighted by molar-refractivity contribution is -0.385. The van der Waals surface area contributed by atoms with Crippen LogP contribution in [0.5, 0.6) is 6.01 Å². The molecule has 0 aliphatic rings. The number of hydrogen-bond acceptors (Lipinski definition) is 6. The summed E-state index contributed by atoms with van der Waals surface area (Å²) in [5.41, 5.74) is -1.54. The van der Waals surface area contributed by atoms with Crippen LogP contribution in [-0.2, 0) is 0 Å². The number of nitro benzene ring substituents is 1. The Bertz CT molecular complexity index is 717. The minimum Gasteiger partial charge on any atom is -0.466 e. The summed E-state index contributed by atoms with van der Waals surface area (Å²) in [6.07, 6.45) is 0. The molecular weight excluding hydrogens is 292 g/mol. The van der Waals surface area contributed by atoms with Gasteiger partial charge >= 0.3 is 6.01 Å². The maximum atomic E-state index is 13.1. The van der Waals surface area contributed by atoms with E-state index in [1.54, 1.807) is 0 Å². The zero-order valence-corrected chi connectivity index (χ0v) is 10.4. The molecule has 0 aliphatic heterocycles. The number of nitrogens with zero attached hydrogens (tertiary/aromatic N) is 3. The molecule has 2 aromatic rings. The largest absolute Gasteiger partial charge is 0.466 e. The summed E-state index contributed by atoms with van der Waals surface area (Å²) in [6.45, 7) is 0. The Morgan fingerprint density at radius 2 is 2.10 bits per heavy atom. The lowest BCUT2D eigenvalue weighted by Crippen LogP contribution is -2.15. The van der Waals surface area contributed by atoms with Crippen molar-refractivity contribution in [1.82, 2.24) is 15.2 Å². The minimum absolute atomic E-state index is 0.0786. The van der Waals surface area contributed by atoms with Gasteiger partial charge in [-0.3, -0.25) is 20.2 Å². The molecule has 0 bridgehead atoms. The molecule has 0 saturated heterocycles. The van der Waals surface area contributed by atoms with Crippen molar-refractivity contribution < 1.29 is 23.2 Å². The quantitative estimate of drug-likeness (QED) is 0.647. The number of benzene rings is 1. The van der Waals surface area contributed by atoms with Crippen LogP contribution < -0.4 is 10.1 Å². The van der Waals surface area contributed by atoms with Crippen molar-refractivity contribution in [3.8, 4) is 6.01 Å². The van der Waals surface area contributed by atoms with E-state index in [9.17, 15) is 23.7 Å². The third-order valence-electron chi connectivity index (χ3n) is 2.36. The van der Waals surface area contributed by atoms with E-state index in [2.05, 4.69) is 25.2 Å². The Kier molecular flexibility index (Phi) is 3.73. The zero-order chi connectivity index (χ0) is 15.6. The molecule has 1 aromatic carbocycles. The number of nitrogens with one attached hydrogen (secondary N) is 2. The monoisotopic (exact) mass is 299 g/mol. The second-order valence-corrected chi connectivity index (χ2v) is 3.67. The molecule has 0 aliphatic carbocycles. The molecule has 21 heavy (non-hydrogen) atoms. The van der Waals surface area contributed by atoms with Gasteiger partial charge in [0.1, 0.15) is 5.56 Å². The maximum Gasteiger partial charge on any atom is 0.336 e. The van der Waals surface area contributed by atoms with Crippen LogP contribution in [0, 0.1) is 21.7 Å². The van der Waals surface area contributed by atoms with Gasteiger partial charge in [-0.2, -0.15) is 4.98 Å². The minimum atomic E-state index is -1.43. The topological polar surface area (TPSA) is 123 Å². The number of ether oxygens (including phenoxy) is 1.